The Bertz CT molecular complexity index is 269. The van der Waals surface area contributed by atoms with Gasteiger partial charge < -0.3 is 9.47 Å². The van der Waals surface area contributed by atoms with Gasteiger partial charge in [-0.05, 0) is 18.9 Å². The van der Waals surface area contributed by atoms with Gasteiger partial charge in [0.15, 0.2) is 0 Å². The van der Waals surface area contributed by atoms with E-state index in [9.17, 15) is 0 Å². The van der Waals surface area contributed by atoms with Gasteiger partial charge in [0.1, 0.15) is 12.7 Å². The van der Waals surface area contributed by atoms with Gasteiger partial charge in [-0.3, -0.25) is 0 Å². The number of fused-ring (bicyclic) bond motifs is 1. The zero-order valence-corrected chi connectivity index (χ0v) is 7.09. The quantitative estimate of drug-likeness (QED) is 0.586. The summed E-state index contributed by atoms with van der Waals surface area (Å²) >= 11 is 0. The van der Waals surface area contributed by atoms with Crippen LogP contribution in [-0.4, -0.2) is 39.8 Å². The maximum Gasteiger partial charge on any atom is 0.119 e. The summed E-state index contributed by atoms with van der Waals surface area (Å²) in [5.74, 6) is 1.73. The molecule has 4 nitrogen and oxygen atoms in total. The molecule has 2 aliphatic rings. The average molecular weight is 164 g/mol. The van der Waals surface area contributed by atoms with Crippen molar-refractivity contribution < 1.29 is 0 Å². The lowest BCUT2D eigenvalue weighted by molar-refractivity contribution is 0.342. The maximum absolute atomic E-state index is 3.83. The van der Waals surface area contributed by atoms with E-state index in [4.69, 9.17) is 0 Å². The Morgan fingerprint density at radius 1 is 1.17 bits per heavy atom. The summed E-state index contributed by atoms with van der Waals surface area (Å²) in [4.78, 5) is 2.40. The van der Waals surface area contributed by atoms with Gasteiger partial charge in [-0.1, -0.05) is 0 Å². The summed E-state index contributed by atoms with van der Waals surface area (Å²) < 4.78 is 2.16. The minimum atomic E-state index is 0.705. The highest BCUT2D eigenvalue weighted by Gasteiger charge is 2.55. The van der Waals surface area contributed by atoms with E-state index in [1.165, 1.54) is 13.1 Å². The van der Waals surface area contributed by atoms with Crippen LogP contribution in [0.1, 0.15) is 6.04 Å². The molecule has 0 N–H and O–H groups in total. The highest BCUT2D eigenvalue weighted by atomic mass is 15.3. The van der Waals surface area contributed by atoms with Crippen molar-refractivity contribution in [1.29, 1.82) is 0 Å². The molecule has 1 saturated carbocycles. The van der Waals surface area contributed by atoms with Crippen LogP contribution >= 0.6 is 0 Å². The van der Waals surface area contributed by atoms with Crippen molar-refractivity contribution in [3.8, 4) is 0 Å². The Morgan fingerprint density at radius 2 is 1.75 bits per heavy atom. The van der Waals surface area contributed by atoms with E-state index in [0.29, 0.717) is 6.04 Å². The number of hydrogen-bond acceptors (Lipinski definition) is 3. The molecule has 0 bridgehead atoms. The van der Waals surface area contributed by atoms with Gasteiger partial charge in [-0.15, -0.1) is 10.2 Å². The molecular weight excluding hydrogens is 152 g/mol. The monoisotopic (exact) mass is 164 g/mol. The van der Waals surface area contributed by atoms with Crippen LogP contribution in [0.25, 0.3) is 0 Å². The minimum Gasteiger partial charge on any atom is -0.316 e. The third-order valence-corrected chi connectivity index (χ3v) is 3.11. The topological polar surface area (TPSA) is 34.0 Å². The van der Waals surface area contributed by atoms with Crippen LogP contribution < -0.4 is 0 Å². The predicted octanol–water partition coefficient (Wildman–Crippen LogP) is 0.0106. The standard InChI is InChI=1S/C8H12N4/c1-11-2-6-7(3-11)8(6)12-4-9-10-5-12/h4-8H,2-3H2,1H3. The van der Waals surface area contributed by atoms with Crippen molar-refractivity contribution in [2.24, 2.45) is 11.8 Å². The maximum atomic E-state index is 3.83. The number of hydrogen-bond donors (Lipinski definition) is 0. The van der Waals surface area contributed by atoms with Gasteiger partial charge >= 0.3 is 0 Å². The molecule has 2 atom stereocenters. The second-order valence-electron chi connectivity index (χ2n) is 3.95. The summed E-state index contributed by atoms with van der Waals surface area (Å²) in [6, 6.07) is 0.705. The van der Waals surface area contributed by atoms with Crippen molar-refractivity contribution in [3.63, 3.8) is 0 Å². The molecule has 0 radical (unpaired) electrons. The fourth-order valence-electron chi connectivity index (χ4n) is 2.51. The van der Waals surface area contributed by atoms with Crippen molar-refractivity contribution in [2.75, 3.05) is 20.1 Å². The zero-order chi connectivity index (χ0) is 8.13. The molecule has 0 aromatic carbocycles. The third kappa shape index (κ3) is 0.756. The molecule has 4 heteroatoms. The summed E-state index contributed by atoms with van der Waals surface area (Å²) in [5.41, 5.74) is 0. The first-order valence-corrected chi connectivity index (χ1v) is 4.39. The fourth-order valence-corrected chi connectivity index (χ4v) is 2.51. The number of aromatic nitrogens is 3. The van der Waals surface area contributed by atoms with Crippen LogP contribution in [0.2, 0.25) is 0 Å². The Labute approximate surface area is 71.2 Å². The molecule has 1 aromatic rings. The number of nitrogens with zero attached hydrogens (tertiary/aromatic N) is 4. The van der Waals surface area contributed by atoms with Gasteiger partial charge in [0.25, 0.3) is 0 Å². The lowest BCUT2D eigenvalue weighted by Gasteiger charge is -2.12. The molecule has 0 amide bonds. The summed E-state index contributed by atoms with van der Waals surface area (Å²) in [7, 11) is 2.19. The number of piperidine rings is 1. The minimum absolute atomic E-state index is 0.705. The van der Waals surface area contributed by atoms with E-state index in [0.717, 1.165) is 11.8 Å². The SMILES string of the molecule is CN1CC2C(C1)C2n1cnnc1. The van der Waals surface area contributed by atoms with E-state index >= 15 is 0 Å². The molecule has 1 aliphatic heterocycles. The van der Waals surface area contributed by atoms with Crippen LogP contribution in [0, 0.1) is 11.8 Å². The Hall–Kier alpha value is -0.900. The molecule has 2 heterocycles. The second kappa shape index (κ2) is 2.07. The average Bonchev–Trinajstić information content (AvgIpc) is 2.58. The fraction of sp³-hybridized carbons (Fsp3) is 0.750. The highest BCUT2D eigenvalue weighted by molar-refractivity contribution is 5.08. The van der Waals surface area contributed by atoms with Crippen LogP contribution in [-0.2, 0) is 0 Å². The second-order valence-corrected chi connectivity index (χ2v) is 3.95. The van der Waals surface area contributed by atoms with Crippen molar-refractivity contribution in [1.82, 2.24) is 19.7 Å². The molecule has 2 unspecified atom stereocenters. The van der Waals surface area contributed by atoms with Crippen LogP contribution in [0.15, 0.2) is 12.7 Å². The summed E-state index contributed by atoms with van der Waals surface area (Å²) in [5, 5.41) is 7.66. The van der Waals surface area contributed by atoms with E-state index < -0.39 is 0 Å². The molecular formula is C8H12N4. The molecule has 1 aromatic heterocycles. The van der Waals surface area contributed by atoms with Gasteiger partial charge in [0.2, 0.25) is 0 Å². The van der Waals surface area contributed by atoms with E-state index in [2.05, 4.69) is 26.7 Å². The first-order chi connectivity index (χ1) is 5.86. The Kier molecular flexibility index (Phi) is 1.14. The van der Waals surface area contributed by atoms with Crippen LogP contribution in [0.4, 0.5) is 0 Å². The van der Waals surface area contributed by atoms with E-state index in [1.54, 1.807) is 0 Å². The van der Waals surface area contributed by atoms with Crippen molar-refractivity contribution in [2.45, 2.75) is 6.04 Å². The van der Waals surface area contributed by atoms with Gasteiger partial charge in [-0.2, -0.15) is 0 Å². The highest BCUT2D eigenvalue weighted by Crippen LogP contribution is 2.54. The normalized spacial score (nSPS) is 39.9. The Balaban J connectivity index is 1.78. The lowest BCUT2D eigenvalue weighted by Crippen LogP contribution is -2.19. The Morgan fingerprint density at radius 3 is 2.33 bits per heavy atom. The largest absolute Gasteiger partial charge is 0.316 e. The molecule has 2 fully saturated rings. The first kappa shape index (κ1) is 6.60. The van der Waals surface area contributed by atoms with Gasteiger partial charge in [-0.25, -0.2) is 0 Å². The number of likely N-dealkylation sites (tertiary alicyclic amines) is 1. The molecule has 64 valence electrons. The zero-order valence-electron chi connectivity index (χ0n) is 7.09. The van der Waals surface area contributed by atoms with E-state index in [-0.39, 0.29) is 0 Å². The molecule has 3 rings (SSSR count). The van der Waals surface area contributed by atoms with Crippen LogP contribution in [0.5, 0.6) is 0 Å². The third-order valence-electron chi connectivity index (χ3n) is 3.11. The molecule has 12 heavy (non-hydrogen) atoms. The van der Waals surface area contributed by atoms with E-state index in [1.807, 2.05) is 12.7 Å². The van der Waals surface area contributed by atoms with Crippen LogP contribution in [0.3, 0.4) is 0 Å². The van der Waals surface area contributed by atoms with Gasteiger partial charge in [0, 0.05) is 19.1 Å². The molecule has 1 saturated heterocycles. The number of rotatable bonds is 1. The smallest absolute Gasteiger partial charge is 0.119 e. The molecule has 0 spiro atoms. The predicted molar refractivity (Wildman–Crippen MR) is 43.5 cm³/mol. The summed E-state index contributed by atoms with van der Waals surface area (Å²) in [6.07, 6.45) is 3.67. The summed E-state index contributed by atoms with van der Waals surface area (Å²) in [6.45, 7) is 2.49. The molecule has 1 aliphatic carbocycles. The van der Waals surface area contributed by atoms with Gasteiger partial charge in [0.05, 0.1) is 0 Å². The lowest BCUT2D eigenvalue weighted by atomic mass is 10.4. The van der Waals surface area contributed by atoms with Crippen molar-refractivity contribution in [3.05, 3.63) is 12.7 Å². The van der Waals surface area contributed by atoms with Crippen molar-refractivity contribution >= 4 is 0 Å². The first-order valence-electron chi connectivity index (χ1n) is 4.39.